The summed E-state index contributed by atoms with van der Waals surface area (Å²) in [5.41, 5.74) is 1.16. The number of hydrogen-bond acceptors (Lipinski definition) is 2. The van der Waals surface area contributed by atoms with Gasteiger partial charge in [-0.15, -0.1) is 0 Å². The molecule has 1 rings (SSSR count). The molecule has 0 saturated carbocycles. The van der Waals surface area contributed by atoms with Crippen LogP contribution in [0.1, 0.15) is 25.8 Å². The summed E-state index contributed by atoms with van der Waals surface area (Å²) in [6.45, 7) is 5.30. The quantitative estimate of drug-likeness (QED) is 0.801. The number of rotatable bonds is 6. The van der Waals surface area contributed by atoms with Crippen LogP contribution in [0.4, 0.5) is 0 Å². The molecule has 0 saturated heterocycles. The third-order valence-electron chi connectivity index (χ3n) is 2.64. The minimum Gasteiger partial charge on any atom is -0.480 e. The Morgan fingerprint density at radius 1 is 1.38 bits per heavy atom. The number of benzene rings is 1. The zero-order chi connectivity index (χ0) is 12.0. The molecule has 0 fully saturated rings. The van der Waals surface area contributed by atoms with E-state index in [1.165, 1.54) is 0 Å². The van der Waals surface area contributed by atoms with Crippen molar-refractivity contribution >= 4 is 5.97 Å². The molecule has 3 nitrogen and oxygen atoms in total. The van der Waals surface area contributed by atoms with Crippen molar-refractivity contribution in [3.05, 3.63) is 35.9 Å². The monoisotopic (exact) mass is 221 g/mol. The van der Waals surface area contributed by atoms with Crippen LogP contribution in [0.15, 0.2) is 30.3 Å². The fourth-order valence-electron chi connectivity index (χ4n) is 1.67. The number of aliphatic carboxylic acids is 1. The van der Waals surface area contributed by atoms with Crippen molar-refractivity contribution in [2.75, 3.05) is 6.54 Å². The number of carboxylic acids is 1. The molecular formula is C13H19NO2. The number of carbonyl (C=O) groups is 1. The number of nitrogens with zero attached hydrogens (tertiary/aromatic N) is 1. The van der Waals surface area contributed by atoms with E-state index in [0.717, 1.165) is 18.5 Å². The standard InChI is InChI=1S/C13H19NO2/c1-3-9-14(11(2)13(15)16)10-12-7-5-4-6-8-12/h4-8,11H,3,9-10H2,1-2H3,(H,15,16). The van der Waals surface area contributed by atoms with Gasteiger partial charge in [0.25, 0.3) is 0 Å². The van der Waals surface area contributed by atoms with Gasteiger partial charge in [-0.25, -0.2) is 0 Å². The maximum Gasteiger partial charge on any atom is 0.320 e. The van der Waals surface area contributed by atoms with E-state index in [1.54, 1.807) is 6.92 Å². The van der Waals surface area contributed by atoms with Crippen molar-refractivity contribution in [3.63, 3.8) is 0 Å². The Morgan fingerprint density at radius 2 is 2.00 bits per heavy atom. The maximum absolute atomic E-state index is 11.0. The third kappa shape index (κ3) is 3.66. The summed E-state index contributed by atoms with van der Waals surface area (Å²) in [6.07, 6.45) is 0.963. The molecule has 1 atom stereocenters. The first kappa shape index (κ1) is 12.7. The molecule has 0 aromatic heterocycles. The van der Waals surface area contributed by atoms with E-state index in [9.17, 15) is 4.79 Å². The Bertz CT molecular complexity index is 324. The van der Waals surface area contributed by atoms with E-state index in [2.05, 4.69) is 6.92 Å². The summed E-state index contributed by atoms with van der Waals surface area (Å²) in [6, 6.07) is 9.54. The van der Waals surface area contributed by atoms with Gasteiger partial charge in [-0.2, -0.15) is 0 Å². The Labute approximate surface area is 96.7 Å². The van der Waals surface area contributed by atoms with Gasteiger partial charge in [0.15, 0.2) is 0 Å². The molecule has 1 aromatic carbocycles. The third-order valence-corrected chi connectivity index (χ3v) is 2.64. The number of hydrogen-bond donors (Lipinski definition) is 1. The first-order valence-electron chi connectivity index (χ1n) is 5.66. The Morgan fingerprint density at radius 3 is 2.50 bits per heavy atom. The van der Waals surface area contributed by atoms with Gasteiger partial charge < -0.3 is 5.11 Å². The first-order valence-corrected chi connectivity index (χ1v) is 5.66. The van der Waals surface area contributed by atoms with Crippen molar-refractivity contribution in [2.45, 2.75) is 32.9 Å². The molecule has 0 aliphatic carbocycles. The Balaban J connectivity index is 2.68. The average molecular weight is 221 g/mol. The van der Waals surface area contributed by atoms with Crippen LogP contribution in [0.3, 0.4) is 0 Å². The van der Waals surface area contributed by atoms with Crippen LogP contribution in [0.5, 0.6) is 0 Å². The molecule has 3 heteroatoms. The molecule has 0 radical (unpaired) electrons. The van der Waals surface area contributed by atoms with Crippen LogP contribution in [0.2, 0.25) is 0 Å². The predicted octanol–water partition coefficient (Wildman–Crippen LogP) is 2.37. The van der Waals surface area contributed by atoms with Crippen LogP contribution >= 0.6 is 0 Å². The van der Waals surface area contributed by atoms with Crippen molar-refractivity contribution in [3.8, 4) is 0 Å². The van der Waals surface area contributed by atoms with Crippen LogP contribution < -0.4 is 0 Å². The highest BCUT2D eigenvalue weighted by Gasteiger charge is 2.19. The van der Waals surface area contributed by atoms with Crippen molar-refractivity contribution < 1.29 is 9.90 Å². The molecule has 1 unspecified atom stereocenters. The molecule has 0 aliphatic rings. The van der Waals surface area contributed by atoms with E-state index in [0.29, 0.717) is 6.54 Å². The van der Waals surface area contributed by atoms with E-state index >= 15 is 0 Å². The maximum atomic E-state index is 11.0. The molecule has 0 bridgehead atoms. The van der Waals surface area contributed by atoms with Crippen LogP contribution in [-0.4, -0.2) is 28.6 Å². The summed E-state index contributed by atoms with van der Waals surface area (Å²) < 4.78 is 0. The highest BCUT2D eigenvalue weighted by molar-refractivity contribution is 5.72. The van der Waals surface area contributed by atoms with Gasteiger partial charge in [-0.1, -0.05) is 37.3 Å². The molecule has 0 spiro atoms. The molecule has 0 amide bonds. The molecule has 16 heavy (non-hydrogen) atoms. The fourth-order valence-corrected chi connectivity index (χ4v) is 1.67. The van der Waals surface area contributed by atoms with Gasteiger partial charge in [-0.05, 0) is 25.5 Å². The Kier molecular flexibility index (Phi) is 4.99. The fraction of sp³-hybridized carbons (Fsp3) is 0.462. The second-order valence-electron chi connectivity index (χ2n) is 3.97. The molecule has 1 N–H and O–H groups in total. The van der Waals surface area contributed by atoms with Gasteiger partial charge in [0.05, 0.1) is 0 Å². The van der Waals surface area contributed by atoms with Gasteiger partial charge in [0.1, 0.15) is 6.04 Å². The SMILES string of the molecule is CCCN(Cc1ccccc1)C(C)C(=O)O. The summed E-state index contributed by atoms with van der Waals surface area (Å²) in [7, 11) is 0. The van der Waals surface area contributed by atoms with E-state index in [1.807, 2.05) is 35.2 Å². The molecule has 0 aliphatic heterocycles. The number of carboxylic acid groups (broad SMARTS) is 1. The molecule has 88 valence electrons. The van der Waals surface area contributed by atoms with Crippen LogP contribution in [0, 0.1) is 0 Å². The van der Waals surface area contributed by atoms with E-state index in [4.69, 9.17) is 5.11 Å². The smallest absolute Gasteiger partial charge is 0.320 e. The molecule has 1 aromatic rings. The minimum atomic E-state index is -0.760. The second-order valence-corrected chi connectivity index (χ2v) is 3.97. The van der Waals surface area contributed by atoms with Gasteiger partial charge in [0.2, 0.25) is 0 Å². The summed E-state index contributed by atoms with van der Waals surface area (Å²) >= 11 is 0. The van der Waals surface area contributed by atoms with Crippen molar-refractivity contribution in [1.82, 2.24) is 4.90 Å². The predicted molar refractivity (Wildman–Crippen MR) is 64.2 cm³/mol. The summed E-state index contributed by atoms with van der Waals surface area (Å²) in [4.78, 5) is 12.9. The zero-order valence-electron chi connectivity index (χ0n) is 9.89. The largest absolute Gasteiger partial charge is 0.480 e. The highest BCUT2D eigenvalue weighted by atomic mass is 16.4. The minimum absolute atomic E-state index is 0.430. The lowest BCUT2D eigenvalue weighted by atomic mass is 10.1. The normalized spacial score (nSPS) is 12.7. The van der Waals surface area contributed by atoms with Crippen molar-refractivity contribution in [1.29, 1.82) is 0 Å². The van der Waals surface area contributed by atoms with Gasteiger partial charge >= 0.3 is 5.97 Å². The average Bonchev–Trinajstić information content (AvgIpc) is 2.29. The summed E-state index contributed by atoms with van der Waals surface area (Å²) in [5, 5.41) is 9.02. The topological polar surface area (TPSA) is 40.5 Å². The molecular weight excluding hydrogens is 202 g/mol. The highest BCUT2D eigenvalue weighted by Crippen LogP contribution is 2.09. The van der Waals surface area contributed by atoms with Crippen molar-refractivity contribution in [2.24, 2.45) is 0 Å². The zero-order valence-corrected chi connectivity index (χ0v) is 9.89. The lowest BCUT2D eigenvalue weighted by Crippen LogP contribution is -2.38. The Hall–Kier alpha value is -1.35. The summed E-state index contributed by atoms with van der Waals surface area (Å²) in [5.74, 6) is -0.760. The van der Waals surface area contributed by atoms with Crippen LogP contribution in [-0.2, 0) is 11.3 Å². The van der Waals surface area contributed by atoms with Crippen LogP contribution in [0.25, 0.3) is 0 Å². The van der Waals surface area contributed by atoms with E-state index in [-0.39, 0.29) is 0 Å². The van der Waals surface area contributed by atoms with Gasteiger partial charge in [-0.3, -0.25) is 9.69 Å². The van der Waals surface area contributed by atoms with Gasteiger partial charge in [0, 0.05) is 6.54 Å². The molecule has 0 heterocycles. The second kappa shape index (κ2) is 6.28. The lowest BCUT2D eigenvalue weighted by Gasteiger charge is -2.25. The lowest BCUT2D eigenvalue weighted by molar-refractivity contribution is -0.142. The first-order chi connectivity index (χ1) is 7.65. The van der Waals surface area contributed by atoms with E-state index < -0.39 is 12.0 Å².